The van der Waals surface area contributed by atoms with Gasteiger partial charge in [0.2, 0.25) is 11.8 Å². The quantitative estimate of drug-likeness (QED) is 0.439. The highest BCUT2D eigenvalue weighted by Crippen LogP contribution is 2.39. The first-order valence-corrected chi connectivity index (χ1v) is 10.2. The molecule has 0 amide bonds. The van der Waals surface area contributed by atoms with Gasteiger partial charge in [0.15, 0.2) is 17.6 Å². The highest BCUT2D eigenvalue weighted by atomic mass is 32.4. The molecular formula is C17H16N2O7PS+. The van der Waals surface area contributed by atoms with E-state index in [1.807, 2.05) is 11.1 Å². The van der Waals surface area contributed by atoms with Crippen LogP contribution in [0.15, 0.2) is 52.2 Å². The number of nitrogens with one attached hydrogen (secondary N) is 1. The zero-order valence-electron chi connectivity index (χ0n) is 14.3. The van der Waals surface area contributed by atoms with Crippen molar-refractivity contribution >= 4 is 19.0 Å². The van der Waals surface area contributed by atoms with Crippen molar-refractivity contribution in [3.05, 3.63) is 63.4 Å². The summed E-state index contributed by atoms with van der Waals surface area (Å²) in [5.41, 5.74) is -3.70. The third-order valence-corrected chi connectivity index (χ3v) is 5.35. The van der Waals surface area contributed by atoms with E-state index in [0.717, 1.165) is 16.8 Å². The van der Waals surface area contributed by atoms with Gasteiger partial charge in [-0.2, -0.15) is 0 Å². The number of benzene rings is 1. The fourth-order valence-corrected chi connectivity index (χ4v) is 3.73. The maximum Gasteiger partial charge on any atom is 0.573 e. The van der Waals surface area contributed by atoms with Crippen molar-refractivity contribution < 1.29 is 24.0 Å². The molecule has 3 rings (SSSR count). The van der Waals surface area contributed by atoms with Crippen LogP contribution in [0.1, 0.15) is 6.23 Å². The van der Waals surface area contributed by atoms with E-state index >= 15 is 0 Å². The van der Waals surface area contributed by atoms with Crippen LogP contribution in [0.4, 0.5) is 0 Å². The topological polar surface area (TPSA) is 123 Å². The lowest BCUT2D eigenvalue weighted by molar-refractivity contribution is -0.0752. The summed E-state index contributed by atoms with van der Waals surface area (Å²) in [7, 11) is -1.76. The fourth-order valence-electron chi connectivity index (χ4n) is 2.68. The molecule has 1 aliphatic heterocycles. The van der Waals surface area contributed by atoms with Gasteiger partial charge in [0, 0.05) is 12.3 Å². The van der Waals surface area contributed by atoms with Crippen molar-refractivity contribution in [2.75, 3.05) is 6.61 Å². The second-order valence-corrected chi connectivity index (χ2v) is 7.66. The first kappa shape index (κ1) is 20.4. The average Bonchev–Trinajstić information content (AvgIpc) is 2.92. The minimum Gasteiger partial charge on any atom is -0.386 e. The van der Waals surface area contributed by atoms with E-state index in [0.29, 0.717) is 5.75 Å². The number of H-pyrrole nitrogens is 1. The molecule has 0 radical (unpaired) electrons. The van der Waals surface area contributed by atoms with Crippen LogP contribution < -0.4 is 15.8 Å². The van der Waals surface area contributed by atoms with E-state index in [1.165, 1.54) is 0 Å². The van der Waals surface area contributed by atoms with Gasteiger partial charge in [-0.05, 0) is 12.1 Å². The smallest absolute Gasteiger partial charge is 0.386 e. The molecule has 1 saturated heterocycles. The van der Waals surface area contributed by atoms with Gasteiger partial charge >= 0.3 is 12.8 Å². The van der Waals surface area contributed by atoms with E-state index in [2.05, 4.69) is 5.92 Å². The van der Waals surface area contributed by atoms with E-state index in [1.54, 1.807) is 24.3 Å². The Hall–Kier alpha value is -2.38. The number of aromatic amines is 1. The summed E-state index contributed by atoms with van der Waals surface area (Å²) < 4.78 is 17.3. The van der Waals surface area contributed by atoms with E-state index in [4.69, 9.17) is 32.0 Å². The molecule has 3 N–H and O–H groups in total. The zero-order chi connectivity index (χ0) is 20.3. The van der Waals surface area contributed by atoms with Crippen molar-refractivity contribution in [3.8, 4) is 18.1 Å². The van der Waals surface area contributed by atoms with Gasteiger partial charge in [0.25, 0.3) is 5.56 Å². The van der Waals surface area contributed by atoms with E-state index in [9.17, 15) is 19.8 Å². The Bertz CT molecular complexity index is 1020. The van der Waals surface area contributed by atoms with Crippen LogP contribution in [0.5, 0.6) is 5.75 Å². The maximum atomic E-state index is 12.0. The molecule has 1 fully saturated rings. The maximum absolute atomic E-state index is 12.0. The number of terminal acetylenes is 1. The first-order chi connectivity index (χ1) is 13.3. The molecule has 5 atom stereocenters. The number of nitrogens with zero attached hydrogens (tertiary/aromatic N) is 1. The van der Waals surface area contributed by atoms with Crippen molar-refractivity contribution in [3.63, 3.8) is 0 Å². The molecular weight excluding hydrogens is 407 g/mol. The first-order valence-electron chi connectivity index (χ1n) is 8.03. The average molecular weight is 423 g/mol. The van der Waals surface area contributed by atoms with Crippen LogP contribution >= 0.6 is 7.15 Å². The summed E-state index contributed by atoms with van der Waals surface area (Å²) >= 11 is 5.12. The lowest BCUT2D eigenvalue weighted by Crippen LogP contribution is -2.48. The van der Waals surface area contributed by atoms with Gasteiger partial charge in [0.1, 0.15) is 18.8 Å². The molecule has 28 heavy (non-hydrogen) atoms. The van der Waals surface area contributed by atoms with Gasteiger partial charge < -0.3 is 14.9 Å². The molecule has 11 heteroatoms. The number of rotatable bonds is 6. The summed E-state index contributed by atoms with van der Waals surface area (Å²) in [6.07, 6.45) is 2.40. The van der Waals surface area contributed by atoms with Crippen LogP contribution in [0, 0.1) is 12.3 Å². The molecule has 0 aliphatic carbocycles. The predicted octanol–water partition coefficient (Wildman–Crippen LogP) is 0.0286. The monoisotopic (exact) mass is 423 g/mol. The molecule has 1 aromatic carbocycles. The number of para-hydroxylation sites is 1. The Balaban J connectivity index is 1.73. The van der Waals surface area contributed by atoms with Crippen molar-refractivity contribution in [1.82, 2.24) is 9.55 Å². The molecule has 9 nitrogen and oxygen atoms in total. The standard InChI is InChI=1S/C17H15N2O7PS/c1-2-17(23)14(21)12(10-24-27(28)26-11-6-4-3-5-7-11)25-15(17)19-9-8-13(20)18-16(19)22/h1,3-9,12,14-15,21,23H,10H2/p+1/t12-,14-,15-,17-/m1/s1. The summed E-state index contributed by atoms with van der Waals surface area (Å²) in [6, 6.07) is 9.85. The number of aromatic nitrogens is 2. The van der Waals surface area contributed by atoms with E-state index < -0.39 is 42.4 Å². The van der Waals surface area contributed by atoms with Gasteiger partial charge in [-0.25, -0.2) is 4.79 Å². The number of aliphatic hydroxyl groups is 2. The summed E-state index contributed by atoms with van der Waals surface area (Å²) in [5, 5.41) is 21.1. The van der Waals surface area contributed by atoms with Gasteiger partial charge in [0.05, 0.1) is 0 Å². The third kappa shape index (κ3) is 4.05. The van der Waals surface area contributed by atoms with Crippen LogP contribution in [0.25, 0.3) is 0 Å². The van der Waals surface area contributed by atoms with Crippen LogP contribution in [-0.2, 0) is 21.1 Å². The van der Waals surface area contributed by atoms with Crippen molar-refractivity contribution in [2.24, 2.45) is 0 Å². The second kappa shape index (κ2) is 8.32. The minimum absolute atomic E-state index is 0.234. The number of hydrogen-bond acceptors (Lipinski definition) is 8. The third-order valence-electron chi connectivity index (χ3n) is 4.09. The van der Waals surface area contributed by atoms with Gasteiger partial charge in [-0.15, -0.1) is 10.9 Å². The molecule has 0 spiro atoms. The normalized spacial score (nSPS) is 27.2. The Morgan fingerprint density at radius 1 is 1.36 bits per heavy atom. The minimum atomic E-state index is -2.22. The van der Waals surface area contributed by atoms with Crippen LogP contribution in [-0.4, -0.2) is 44.2 Å². The SMILES string of the molecule is C#C[C@@]1(O)[C@H](O)[C@@H](CO[P+](=S)Oc2ccccc2)O[C@H]1n1ccc(=O)[nH]c1=O. The summed E-state index contributed by atoms with van der Waals surface area (Å²) in [5.74, 6) is 2.58. The molecule has 1 unspecified atom stereocenters. The molecule has 1 aromatic heterocycles. The molecule has 2 heterocycles. The Morgan fingerprint density at radius 2 is 2.07 bits per heavy atom. The van der Waals surface area contributed by atoms with Crippen molar-refractivity contribution in [1.29, 1.82) is 0 Å². The van der Waals surface area contributed by atoms with Gasteiger partial charge in [-0.1, -0.05) is 24.1 Å². The highest BCUT2D eigenvalue weighted by Gasteiger charge is 2.56. The Labute approximate surface area is 165 Å². The molecule has 2 aromatic rings. The molecule has 0 bridgehead atoms. The number of hydrogen-bond donors (Lipinski definition) is 3. The molecule has 0 saturated carbocycles. The highest BCUT2D eigenvalue weighted by molar-refractivity contribution is 8.00. The summed E-state index contributed by atoms with van der Waals surface area (Å²) in [6.45, 7) is -0.234. The Morgan fingerprint density at radius 3 is 2.71 bits per heavy atom. The lowest BCUT2D eigenvalue weighted by Gasteiger charge is -2.26. The number of aliphatic hydroxyl groups excluding tert-OH is 1. The largest absolute Gasteiger partial charge is 0.573 e. The fraction of sp³-hybridized carbons (Fsp3) is 0.294. The summed E-state index contributed by atoms with van der Waals surface area (Å²) in [4.78, 5) is 25.3. The lowest BCUT2D eigenvalue weighted by atomic mass is 9.95. The van der Waals surface area contributed by atoms with Crippen LogP contribution in [0.2, 0.25) is 0 Å². The zero-order valence-corrected chi connectivity index (χ0v) is 16.0. The van der Waals surface area contributed by atoms with E-state index in [-0.39, 0.29) is 6.61 Å². The Kier molecular flexibility index (Phi) is 6.05. The van der Waals surface area contributed by atoms with Crippen LogP contribution in [0.3, 0.4) is 0 Å². The second-order valence-electron chi connectivity index (χ2n) is 5.88. The molecule has 146 valence electrons. The predicted molar refractivity (Wildman–Crippen MR) is 102 cm³/mol. The number of ether oxygens (including phenoxy) is 1. The van der Waals surface area contributed by atoms with Gasteiger partial charge in [-0.3, -0.25) is 18.9 Å². The van der Waals surface area contributed by atoms with Crippen molar-refractivity contribution in [2.45, 2.75) is 24.0 Å². The molecule has 1 aliphatic rings.